The van der Waals surface area contributed by atoms with Crippen molar-refractivity contribution in [3.63, 3.8) is 0 Å². The molecule has 0 bridgehead atoms. The third-order valence-electron chi connectivity index (χ3n) is 3.23. The summed E-state index contributed by atoms with van der Waals surface area (Å²) < 4.78 is 30.8. The topological polar surface area (TPSA) is 73.0 Å². The molecule has 0 saturated carbocycles. The standard InChI is InChI=1S/C14H18F2N4O2/c1-3-10-9(12(4-2)22-19-10)7-17-14(21)11-5-6-20(18-11)8-13(15)16/h5-6,13H,3-4,7-8H2,1-2H3,(H,17,21). The van der Waals surface area contributed by atoms with Gasteiger partial charge in [-0.15, -0.1) is 0 Å². The lowest BCUT2D eigenvalue weighted by atomic mass is 10.1. The molecule has 0 aliphatic heterocycles. The molecule has 120 valence electrons. The van der Waals surface area contributed by atoms with E-state index in [-0.39, 0.29) is 12.2 Å². The molecule has 6 nitrogen and oxygen atoms in total. The van der Waals surface area contributed by atoms with Crippen LogP contribution in [0.2, 0.25) is 0 Å². The van der Waals surface area contributed by atoms with Gasteiger partial charge in [0.1, 0.15) is 18.0 Å². The monoisotopic (exact) mass is 312 g/mol. The first-order valence-corrected chi connectivity index (χ1v) is 7.11. The smallest absolute Gasteiger partial charge is 0.272 e. The molecule has 0 atom stereocenters. The van der Waals surface area contributed by atoms with Gasteiger partial charge in [-0.25, -0.2) is 8.78 Å². The highest BCUT2D eigenvalue weighted by Gasteiger charge is 2.16. The molecule has 8 heteroatoms. The Bertz CT molecular complexity index is 615. The molecule has 0 aliphatic carbocycles. The fraction of sp³-hybridized carbons (Fsp3) is 0.500. The summed E-state index contributed by atoms with van der Waals surface area (Å²) in [6, 6.07) is 1.41. The van der Waals surface area contributed by atoms with Crippen molar-refractivity contribution in [2.24, 2.45) is 0 Å². The van der Waals surface area contributed by atoms with Gasteiger partial charge in [0, 0.05) is 24.7 Å². The minimum atomic E-state index is -2.51. The van der Waals surface area contributed by atoms with Gasteiger partial charge in [0.05, 0.1) is 5.69 Å². The maximum atomic E-state index is 12.3. The van der Waals surface area contributed by atoms with Crippen LogP contribution < -0.4 is 5.32 Å². The van der Waals surface area contributed by atoms with E-state index < -0.39 is 18.9 Å². The average Bonchev–Trinajstić information content (AvgIpc) is 3.10. The third-order valence-corrected chi connectivity index (χ3v) is 3.23. The van der Waals surface area contributed by atoms with E-state index in [9.17, 15) is 13.6 Å². The van der Waals surface area contributed by atoms with Gasteiger partial charge in [0.2, 0.25) is 0 Å². The van der Waals surface area contributed by atoms with E-state index in [4.69, 9.17) is 4.52 Å². The van der Waals surface area contributed by atoms with Crippen molar-refractivity contribution < 1.29 is 18.1 Å². The molecule has 0 radical (unpaired) electrons. The largest absolute Gasteiger partial charge is 0.361 e. The van der Waals surface area contributed by atoms with Crippen molar-refractivity contribution in [2.75, 3.05) is 0 Å². The minimum absolute atomic E-state index is 0.105. The molecule has 0 unspecified atom stereocenters. The van der Waals surface area contributed by atoms with Crippen molar-refractivity contribution in [1.82, 2.24) is 20.3 Å². The van der Waals surface area contributed by atoms with Crippen molar-refractivity contribution in [1.29, 1.82) is 0 Å². The van der Waals surface area contributed by atoms with Gasteiger partial charge >= 0.3 is 0 Å². The van der Waals surface area contributed by atoms with Crippen molar-refractivity contribution in [2.45, 2.75) is 46.2 Å². The molecule has 22 heavy (non-hydrogen) atoms. The highest BCUT2D eigenvalue weighted by Crippen LogP contribution is 2.15. The lowest BCUT2D eigenvalue weighted by Crippen LogP contribution is -2.24. The van der Waals surface area contributed by atoms with Gasteiger partial charge in [-0.2, -0.15) is 5.10 Å². The number of hydrogen-bond acceptors (Lipinski definition) is 4. The molecule has 1 amide bonds. The zero-order valence-corrected chi connectivity index (χ0v) is 12.5. The number of hydrogen-bond donors (Lipinski definition) is 1. The predicted molar refractivity (Wildman–Crippen MR) is 74.7 cm³/mol. The van der Waals surface area contributed by atoms with Crippen LogP contribution in [0, 0.1) is 0 Å². The first-order valence-electron chi connectivity index (χ1n) is 7.11. The number of rotatable bonds is 7. The number of alkyl halides is 2. The van der Waals surface area contributed by atoms with Crippen LogP contribution >= 0.6 is 0 Å². The number of amides is 1. The Hall–Kier alpha value is -2.25. The molecule has 2 aromatic heterocycles. The van der Waals surface area contributed by atoms with Gasteiger partial charge in [0.25, 0.3) is 12.3 Å². The molecule has 1 N–H and O–H groups in total. The lowest BCUT2D eigenvalue weighted by molar-refractivity contribution is 0.0940. The van der Waals surface area contributed by atoms with Gasteiger partial charge in [-0.1, -0.05) is 19.0 Å². The zero-order chi connectivity index (χ0) is 16.1. The summed E-state index contributed by atoms with van der Waals surface area (Å²) in [6.45, 7) is 3.64. The van der Waals surface area contributed by atoms with Crippen LogP contribution in [0.1, 0.15) is 41.4 Å². The third kappa shape index (κ3) is 3.69. The first-order chi connectivity index (χ1) is 10.5. The van der Waals surface area contributed by atoms with E-state index in [0.29, 0.717) is 12.8 Å². The summed E-state index contributed by atoms with van der Waals surface area (Å²) in [4.78, 5) is 12.0. The van der Waals surface area contributed by atoms with Crippen molar-refractivity contribution in [3.8, 4) is 0 Å². The quantitative estimate of drug-likeness (QED) is 0.850. The highest BCUT2D eigenvalue weighted by molar-refractivity contribution is 5.92. The summed E-state index contributed by atoms with van der Waals surface area (Å²) >= 11 is 0. The molecule has 2 aromatic rings. The SMILES string of the molecule is CCc1noc(CC)c1CNC(=O)c1ccn(CC(F)F)n1. The molecule has 0 fully saturated rings. The van der Waals surface area contributed by atoms with Crippen LogP contribution in [0.15, 0.2) is 16.8 Å². The number of carbonyl (C=O) groups is 1. The summed E-state index contributed by atoms with van der Waals surface area (Å²) in [5.41, 5.74) is 1.78. The highest BCUT2D eigenvalue weighted by atomic mass is 19.3. The molecule has 0 spiro atoms. The van der Waals surface area contributed by atoms with Gasteiger partial charge in [0.15, 0.2) is 0 Å². The Morgan fingerprint density at radius 2 is 2.18 bits per heavy atom. The van der Waals surface area contributed by atoms with Gasteiger partial charge < -0.3 is 9.84 Å². The van der Waals surface area contributed by atoms with Crippen LogP contribution in [0.5, 0.6) is 0 Å². The van der Waals surface area contributed by atoms with Gasteiger partial charge in [-0.05, 0) is 12.5 Å². The molecule has 0 aliphatic rings. The Labute approximate surface area is 126 Å². The molecular formula is C14H18F2N4O2. The Balaban J connectivity index is 2.01. The second kappa shape index (κ2) is 7.15. The van der Waals surface area contributed by atoms with Gasteiger partial charge in [-0.3, -0.25) is 9.48 Å². The van der Waals surface area contributed by atoms with E-state index in [1.807, 2.05) is 13.8 Å². The van der Waals surface area contributed by atoms with E-state index in [2.05, 4.69) is 15.6 Å². The second-order valence-electron chi connectivity index (χ2n) is 4.73. The number of halogens is 2. The first kappa shape index (κ1) is 16.1. The Morgan fingerprint density at radius 1 is 1.41 bits per heavy atom. The number of nitrogens with zero attached hydrogens (tertiary/aromatic N) is 3. The normalized spacial score (nSPS) is 11.1. The van der Waals surface area contributed by atoms with Crippen molar-refractivity contribution in [3.05, 3.63) is 35.0 Å². The number of aryl methyl sites for hydroxylation is 2. The summed E-state index contributed by atoms with van der Waals surface area (Å²) in [7, 11) is 0. The number of aromatic nitrogens is 3. The summed E-state index contributed by atoms with van der Waals surface area (Å²) in [6.07, 6.45) is 0.237. The molecule has 0 aromatic carbocycles. The molecule has 2 heterocycles. The Kier molecular flexibility index (Phi) is 5.24. The maximum absolute atomic E-state index is 12.3. The van der Waals surface area contributed by atoms with Crippen LogP contribution in [0.25, 0.3) is 0 Å². The van der Waals surface area contributed by atoms with E-state index in [1.165, 1.54) is 12.3 Å². The number of nitrogens with one attached hydrogen (secondary N) is 1. The van der Waals surface area contributed by atoms with E-state index in [1.54, 1.807) is 0 Å². The van der Waals surface area contributed by atoms with E-state index >= 15 is 0 Å². The number of carbonyl (C=O) groups excluding carboxylic acids is 1. The fourth-order valence-electron chi connectivity index (χ4n) is 2.12. The van der Waals surface area contributed by atoms with Crippen LogP contribution in [0.4, 0.5) is 8.78 Å². The summed E-state index contributed by atoms with van der Waals surface area (Å²) in [5, 5.41) is 10.5. The van der Waals surface area contributed by atoms with Crippen LogP contribution in [0.3, 0.4) is 0 Å². The summed E-state index contributed by atoms with van der Waals surface area (Å²) in [5.74, 6) is 0.318. The minimum Gasteiger partial charge on any atom is -0.361 e. The lowest BCUT2D eigenvalue weighted by Gasteiger charge is -2.04. The average molecular weight is 312 g/mol. The molecular weight excluding hydrogens is 294 g/mol. The predicted octanol–water partition coefficient (Wildman–Crippen LogP) is 2.19. The fourth-order valence-corrected chi connectivity index (χ4v) is 2.12. The van der Waals surface area contributed by atoms with E-state index in [0.717, 1.165) is 21.7 Å². The molecule has 0 saturated heterocycles. The second-order valence-corrected chi connectivity index (χ2v) is 4.73. The zero-order valence-electron chi connectivity index (χ0n) is 12.5. The van der Waals surface area contributed by atoms with Crippen LogP contribution in [-0.4, -0.2) is 27.3 Å². The Morgan fingerprint density at radius 3 is 2.82 bits per heavy atom. The maximum Gasteiger partial charge on any atom is 0.272 e. The van der Waals surface area contributed by atoms with Crippen LogP contribution in [-0.2, 0) is 25.9 Å². The molecule has 2 rings (SSSR count). The van der Waals surface area contributed by atoms with Crippen molar-refractivity contribution >= 4 is 5.91 Å².